The summed E-state index contributed by atoms with van der Waals surface area (Å²) in [5.74, 6) is -0.314. The van der Waals surface area contributed by atoms with E-state index in [2.05, 4.69) is 22.7 Å². The lowest BCUT2D eigenvalue weighted by atomic mass is 10.3. The van der Waals surface area contributed by atoms with E-state index in [1.54, 1.807) is 20.8 Å². The Morgan fingerprint density at radius 2 is 2.21 bits per heavy atom. The number of carbonyl (C=O) groups excluding carboxylic acids is 1. The molecule has 0 spiro atoms. The summed E-state index contributed by atoms with van der Waals surface area (Å²) in [6.45, 7) is 5.27. The zero-order valence-corrected chi connectivity index (χ0v) is 9.35. The molecule has 0 amide bonds. The van der Waals surface area contributed by atoms with E-state index < -0.39 is 0 Å². The normalized spacial score (nSPS) is 11.3. The summed E-state index contributed by atoms with van der Waals surface area (Å²) in [5.41, 5.74) is 8.12. The molecule has 3 N–H and O–H groups in total. The maximum atomic E-state index is 11.1. The predicted octanol–water partition coefficient (Wildman–Crippen LogP) is 0.537. The fourth-order valence-corrected chi connectivity index (χ4v) is 0.749. The SMILES string of the molecule is C/C(CC(=O)OC(C)C)=N\NC(N)=S. The Bertz CT molecular complexity index is 251. The summed E-state index contributed by atoms with van der Waals surface area (Å²) < 4.78 is 4.92. The number of hydrogen-bond acceptors (Lipinski definition) is 4. The third-order valence-electron chi connectivity index (χ3n) is 1.12. The Labute approximate surface area is 88.7 Å². The summed E-state index contributed by atoms with van der Waals surface area (Å²) in [5, 5.41) is 3.84. The van der Waals surface area contributed by atoms with Gasteiger partial charge in [-0.25, -0.2) is 0 Å². The monoisotopic (exact) mass is 217 g/mol. The maximum absolute atomic E-state index is 11.1. The molecule has 6 heteroatoms. The summed E-state index contributed by atoms with van der Waals surface area (Å²) in [6, 6.07) is 0. The Balaban J connectivity index is 3.92. The van der Waals surface area contributed by atoms with Gasteiger partial charge in [0.15, 0.2) is 5.11 Å². The van der Waals surface area contributed by atoms with Gasteiger partial charge in [-0.3, -0.25) is 10.2 Å². The molecule has 0 aliphatic heterocycles. The van der Waals surface area contributed by atoms with Gasteiger partial charge in [0.05, 0.1) is 12.5 Å². The van der Waals surface area contributed by atoms with E-state index in [0.717, 1.165) is 0 Å². The molecule has 0 aromatic heterocycles. The van der Waals surface area contributed by atoms with Crippen LogP contribution in [0.1, 0.15) is 27.2 Å². The highest BCUT2D eigenvalue weighted by molar-refractivity contribution is 7.80. The lowest BCUT2D eigenvalue weighted by molar-refractivity contribution is -0.145. The molecule has 0 aromatic rings. The van der Waals surface area contributed by atoms with Crippen LogP contribution >= 0.6 is 12.2 Å². The molecule has 0 rings (SSSR count). The third-order valence-corrected chi connectivity index (χ3v) is 1.22. The van der Waals surface area contributed by atoms with Gasteiger partial charge in [0.25, 0.3) is 0 Å². The van der Waals surface area contributed by atoms with E-state index in [1.165, 1.54) is 0 Å². The van der Waals surface area contributed by atoms with E-state index in [4.69, 9.17) is 10.5 Å². The van der Waals surface area contributed by atoms with Crippen molar-refractivity contribution in [2.75, 3.05) is 0 Å². The predicted molar refractivity (Wildman–Crippen MR) is 58.9 cm³/mol. The van der Waals surface area contributed by atoms with E-state index >= 15 is 0 Å². The Morgan fingerprint density at radius 3 is 2.64 bits per heavy atom. The standard InChI is InChI=1S/C8H15N3O2S/c1-5(2)13-7(12)4-6(3)10-11-8(9)14/h5H,4H2,1-3H3,(H3,9,11,14)/b10-6+. The molecular formula is C8H15N3O2S. The average molecular weight is 217 g/mol. The number of hydrazone groups is 1. The van der Waals surface area contributed by atoms with Gasteiger partial charge in [0.2, 0.25) is 0 Å². The van der Waals surface area contributed by atoms with Crippen molar-refractivity contribution < 1.29 is 9.53 Å². The molecule has 14 heavy (non-hydrogen) atoms. The largest absolute Gasteiger partial charge is 0.463 e. The van der Waals surface area contributed by atoms with Crippen LogP contribution in [0.4, 0.5) is 0 Å². The molecule has 80 valence electrons. The Morgan fingerprint density at radius 1 is 1.64 bits per heavy atom. The van der Waals surface area contributed by atoms with E-state index in [-0.39, 0.29) is 23.6 Å². The van der Waals surface area contributed by atoms with Crippen molar-refractivity contribution >= 4 is 29.0 Å². The van der Waals surface area contributed by atoms with Crippen LogP contribution in [-0.4, -0.2) is 22.9 Å². The second-order valence-electron chi connectivity index (χ2n) is 3.04. The van der Waals surface area contributed by atoms with Crippen LogP contribution in [0.2, 0.25) is 0 Å². The molecule has 5 nitrogen and oxygen atoms in total. The molecule has 0 heterocycles. The number of thiocarbonyl (C=S) groups is 1. The first-order valence-corrected chi connectivity index (χ1v) is 4.60. The van der Waals surface area contributed by atoms with Crippen LogP contribution in [0, 0.1) is 0 Å². The molecule has 0 aliphatic carbocycles. The quantitative estimate of drug-likeness (QED) is 0.311. The highest BCUT2D eigenvalue weighted by atomic mass is 32.1. The van der Waals surface area contributed by atoms with Crippen molar-refractivity contribution in [3.8, 4) is 0 Å². The van der Waals surface area contributed by atoms with Gasteiger partial charge in [-0.15, -0.1) is 0 Å². The number of ether oxygens (including phenoxy) is 1. The maximum Gasteiger partial charge on any atom is 0.311 e. The fourth-order valence-electron chi connectivity index (χ4n) is 0.704. The first kappa shape index (κ1) is 12.8. The number of nitrogens with zero attached hydrogens (tertiary/aromatic N) is 1. The second kappa shape index (κ2) is 6.31. The smallest absolute Gasteiger partial charge is 0.311 e. The zero-order valence-electron chi connectivity index (χ0n) is 8.53. The lowest BCUT2D eigenvalue weighted by Crippen LogP contribution is -2.25. The minimum Gasteiger partial charge on any atom is -0.463 e. The molecular weight excluding hydrogens is 202 g/mol. The van der Waals surface area contributed by atoms with Crippen LogP contribution in [0.5, 0.6) is 0 Å². The molecule has 0 saturated heterocycles. The summed E-state index contributed by atoms with van der Waals surface area (Å²) in [4.78, 5) is 11.1. The number of nitrogens with one attached hydrogen (secondary N) is 1. The van der Waals surface area contributed by atoms with Crippen LogP contribution in [0.25, 0.3) is 0 Å². The zero-order chi connectivity index (χ0) is 11.1. The molecule has 0 unspecified atom stereocenters. The lowest BCUT2D eigenvalue weighted by Gasteiger charge is -2.07. The van der Waals surface area contributed by atoms with Crippen LogP contribution in [-0.2, 0) is 9.53 Å². The van der Waals surface area contributed by atoms with E-state index in [0.29, 0.717) is 5.71 Å². The number of hydrogen-bond donors (Lipinski definition) is 2. The first-order chi connectivity index (χ1) is 6.41. The topological polar surface area (TPSA) is 76.7 Å². The van der Waals surface area contributed by atoms with Gasteiger partial charge < -0.3 is 10.5 Å². The fraction of sp³-hybridized carbons (Fsp3) is 0.625. The number of nitrogens with two attached hydrogens (primary N) is 1. The molecule has 0 saturated carbocycles. The van der Waals surface area contributed by atoms with Gasteiger partial charge >= 0.3 is 5.97 Å². The summed E-state index contributed by atoms with van der Waals surface area (Å²) in [6.07, 6.45) is 0.0206. The van der Waals surface area contributed by atoms with Crippen molar-refractivity contribution in [3.63, 3.8) is 0 Å². The molecule has 0 aromatic carbocycles. The highest BCUT2D eigenvalue weighted by Gasteiger charge is 2.06. The van der Waals surface area contributed by atoms with Crippen LogP contribution < -0.4 is 11.2 Å². The van der Waals surface area contributed by atoms with Crippen molar-refractivity contribution in [2.24, 2.45) is 10.8 Å². The summed E-state index contributed by atoms with van der Waals surface area (Å²) in [7, 11) is 0. The molecule has 0 aliphatic rings. The second-order valence-corrected chi connectivity index (χ2v) is 3.48. The molecule has 0 atom stereocenters. The molecule has 0 bridgehead atoms. The van der Waals surface area contributed by atoms with Gasteiger partial charge in [-0.2, -0.15) is 5.10 Å². The third kappa shape index (κ3) is 7.48. The highest BCUT2D eigenvalue weighted by Crippen LogP contribution is 1.94. The van der Waals surface area contributed by atoms with Crippen molar-refractivity contribution in [3.05, 3.63) is 0 Å². The van der Waals surface area contributed by atoms with E-state index in [1.807, 2.05) is 0 Å². The minimum absolute atomic E-state index is 0.0709. The number of rotatable bonds is 4. The van der Waals surface area contributed by atoms with Crippen LogP contribution in [0.15, 0.2) is 5.10 Å². The van der Waals surface area contributed by atoms with Crippen molar-refractivity contribution in [2.45, 2.75) is 33.3 Å². The van der Waals surface area contributed by atoms with Crippen LogP contribution in [0.3, 0.4) is 0 Å². The average Bonchev–Trinajstić information content (AvgIpc) is 1.98. The van der Waals surface area contributed by atoms with E-state index in [9.17, 15) is 4.79 Å². The van der Waals surface area contributed by atoms with Gasteiger partial charge in [-0.1, -0.05) is 0 Å². The van der Waals surface area contributed by atoms with Gasteiger partial charge in [-0.05, 0) is 33.0 Å². The number of esters is 1. The Kier molecular flexibility index (Phi) is 5.78. The molecule has 0 fully saturated rings. The van der Waals surface area contributed by atoms with Crippen molar-refractivity contribution in [1.29, 1.82) is 0 Å². The minimum atomic E-state index is -0.314. The summed E-state index contributed by atoms with van der Waals surface area (Å²) >= 11 is 4.54. The van der Waals surface area contributed by atoms with Crippen molar-refractivity contribution in [1.82, 2.24) is 5.43 Å². The first-order valence-electron chi connectivity index (χ1n) is 4.20. The van der Waals surface area contributed by atoms with Gasteiger partial charge in [0.1, 0.15) is 0 Å². The molecule has 0 radical (unpaired) electrons. The Hall–Kier alpha value is -1.17. The van der Waals surface area contributed by atoms with Gasteiger partial charge in [0, 0.05) is 5.71 Å². The number of carbonyl (C=O) groups is 1.